The molecule has 0 bridgehead atoms. The fraction of sp³-hybridized carbons (Fsp3) is 0.571. The average Bonchev–Trinajstić information content (AvgIpc) is 1.82. The molecule has 0 rings (SSSR count). The highest BCUT2D eigenvalue weighted by atomic mass is 32.2. The summed E-state index contributed by atoms with van der Waals surface area (Å²) in [6, 6.07) is 0. The number of rotatable bonds is 3. The molecule has 0 nitrogen and oxygen atoms in total. The van der Waals surface area contributed by atoms with Crippen molar-refractivity contribution in [2.75, 3.05) is 5.75 Å². The normalized spacial score (nSPS) is 9.67. The molecule has 0 aromatic heterocycles. The van der Waals surface area contributed by atoms with Crippen LogP contribution in [0.3, 0.4) is 0 Å². The molecule has 52 valence electrons. The van der Waals surface area contributed by atoms with Crippen molar-refractivity contribution in [1.29, 1.82) is 0 Å². The Morgan fingerprint density at radius 3 is 2.67 bits per heavy atom. The van der Waals surface area contributed by atoms with Crippen molar-refractivity contribution >= 4 is 28.2 Å². The standard InChI is InChI=1S/C7H12S2/c1-4-5-9-7(8)6(2)3/h4,6H,1,5H2,2-3H3. The highest BCUT2D eigenvalue weighted by molar-refractivity contribution is 8.23. The summed E-state index contributed by atoms with van der Waals surface area (Å²) >= 11 is 6.76. The minimum absolute atomic E-state index is 0.518. The molecule has 0 fully saturated rings. The smallest absolute Gasteiger partial charge is 0.0506 e. The molecule has 0 unspecified atom stereocenters. The molecule has 0 saturated carbocycles. The van der Waals surface area contributed by atoms with E-state index in [1.807, 2.05) is 6.08 Å². The van der Waals surface area contributed by atoms with Crippen LogP contribution >= 0.6 is 24.0 Å². The SMILES string of the molecule is C=CCSC(=S)C(C)C. The lowest BCUT2D eigenvalue weighted by atomic mass is 10.3. The van der Waals surface area contributed by atoms with Crippen molar-refractivity contribution in [2.24, 2.45) is 5.92 Å². The second-order valence-corrected chi connectivity index (χ2v) is 3.83. The maximum Gasteiger partial charge on any atom is 0.0506 e. The molecule has 9 heavy (non-hydrogen) atoms. The van der Waals surface area contributed by atoms with Gasteiger partial charge in [0, 0.05) is 5.75 Å². The molecule has 0 radical (unpaired) electrons. The molecular weight excluding hydrogens is 148 g/mol. The molecule has 0 atom stereocenters. The molecule has 0 aromatic rings. The Hall–Kier alpha value is 0.180. The molecule has 0 saturated heterocycles. The van der Waals surface area contributed by atoms with Gasteiger partial charge >= 0.3 is 0 Å². The lowest BCUT2D eigenvalue weighted by molar-refractivity contribution is 0.915. The van der Waals surface area contributed by atoms with Crippen molar-refractivity contribution < 1.29 is 0 Å². The first-order valence-corrected chi connectivity index (χ1v) is 4.35. The van der Waals surface area contributed by atoms with E-state index < -0.39 is 0 Å². The average molecular weight is 160 g/mol. The molecule has 0 amide bonds. The van der Waals surface area contributed by atoms with E-state index in [1.54, 1.807) is 11.8 Å². The van der Waals surface area contributed by atoms with Gasteiger partial charge in [0.1, 0.15) is 0 Å². The first kappa shape index (κ1) is 9.18. The van der Waals surface area contributed by atoms with Gasteiger partial charge in [0.05, 0.1) is 4.20 Å². The first-order valence-electron chi connectivity index (χ1n) is 2.96. The summed E-state index contributed by atoms with van der Waals surface area (Å²) in [5.41, 5.74) is 0. The summed E-state index contributed by atoms with van der Waals surface area (Å²) < 4.78 is 1.08. The van der Waals surface area contributed by atoms with Crippen LogP contribution in [0.25, 0.3) is 0 Å². The van der Waals surface area contributed by atoms with Crippen LogP contribution in [0.4, 0.5) is 0 Å². The highest BCUT2D eigenvalue weighted by Crippen LogP contribution is 2.11. The largest absolute Gasteiger partial charge is 0.115 e. The second kappa shape index (κ2) is 5.00. The molecule has 0 aliphatic carbocycles. The van der Waals surface area contributed by atoms with Crippen LogP contribution in [-0.2, 0) is 0 Å². The van der Waals surface area contributed by atoms with Gasteiger partial charge in [0.25, 0.3) is 0 Å². The first-order chi connectivity index (χ1) is 4.18. The fourth-order valence-electron chi connectivity index (χ4n) is 0.308. The summed E-state index contributed by atoms with van der Waals surface area (Å²) in [6.45, 7) is 7.83. The van der Waals surface area contributed by atoms with E-state index in [-0.39, 0.29) is 0 Å². The van der Waals surface area contributed by atoms with Crippen molar-refractivity contribution in [3.63, 3.8) is 0 Å². The molecular formula is C7H12S2. The minimum atomic E-state index is 0.518. The zero-order valence-corrected chi connectivity index (χ0v) is 7.52. The van der Waals surface area contributed by atoms with Crippen LogP contribution in [0.2, 0.25) is 0 Å². The number of hydrogen-bond acceptors (Lipinski definition) is 2. The maximum absolute atomic E-state index is 5.06. The maximum atomic E-state index is 5.06. The van der Waals surface area contributed by atoms with Gasteiger partial charge in [-0.25, -0.2) is 0 Å². The minimum Gasteiger partial charge on any atom is -0.115 e. The van der Waals surface area contributed by atoms with Gasteiger partial charge in [-0.05, 0) is 5.92 Å². The third-order valence-electron chi connectivity index (χ3n) is 0.815. The van der Waals surface area contributed by atoms with Crippen molar-refractivity contribution in [2.45, 2.75) is 13.8 Å². The Morgan fingerprint density at radius 1 is 1.78 bits per heavy atom. The van der Waals surface area contributed by atoms with Gasteiger partial charge in [0.2, 0.25) is 0 Å². The fourth-order valence-corrected chi connectivity index (χ4v) is 1.13. The summed E-state index contributed by atoms with van der Waals surface area (Å²) in [4.78, 5) is 0. The van der Waals surface area contributed by atoms with Crippen LogP contribution in [0.15, 0.2) is 12.7 Å². The van der Waals surface area contributed by atoms with E-state index >= 15 is 0 Å². The number of thiocarbonyl (C=S) groups is 1. The summed E-state index contributed by atoms with van der Waals surface area (Å²) in [5.74, 6) is 1.46. The Labute approximate surface area is 66.7 Å². The van der Waals surface area contributed by atoms with Crippen molar-refractivity contribution in [3.8, 4) is 0 Å². The van der Waals surface area contributed by atoms with Crippen molar-refractivity contribution in [1.82, 2.24) is 0 Å². The van der Waals surface area contributed by atoms with E-state index in [2.05, 4.69) is 20.4 Å². The Morgan fingerprint density at radius 2 is 2.33 bits per heavy atom. The Bertz CT molecular complexity index is 105. The third kappa shape index (κ3) is 4.67. The quantitative estimate of drug-likeness (QED) is 0.460. The molecule has 0 heterocycles. The second-order valence-electron chi connectivity index (χ2n) is 2.07. The lowest BCUT2D eigenvalue weighted by Gasteiger charge is -2.02. The Balaban J connectivity index is 3.38. The van der Waals surface area contributed by atoms with Gasteiger partial charge in [0.15, 0.2) is 0 Å². The molecule has 2 heteroatoms. The summed E-state index contributed by atoms with van der Waals surface area (Å²) in [5, 5.41) is 0. The summed E-state index contributed by atoms with van der Waals surface area (Å²) in [6.07, 6.45) is 1.87. The zero-order valence-electron chi connectivity index (χ0n) is 5.89. The number of thioether (sulfide) groups is 1. The van der Waals surface area contributed by atoms with Gasteiger partial charge in [-0.3, -0.25) is 0 Å². The van der Waals surface area contributed by atoms with Gasteiger partial charge < -0.3 is 0 Å². The molecule has 0 aliphatic rings. The molecule has 0 aliphatic heterocycles. The Kier molecular flexibility index (Phi) is 5.10. The molecule has 0 spiro atoms. The monoisotopic (exact) mass is 160 g/mol. The van der Waals surface area contributed by atoms with E-state index in [0.29, 0.717) is 5.92 Å². The topological polar surface area (TPSA) is 0 Å². The highest BCUT2D eigenvalue weighted by Gasteiger charge is 1.99. The van der Waals surface area contributed by atoms with Gasteiger partial charge in [-0.15, -0.1) is 18.3 Å². The van der Waals surface area contributed by atoms with E-state index in [0.717, 1.165) is 9.95 Å². The molecule has 0 aromatic carbocycles. The van der Waals surface area contributed by atoms with Gasteiger partial charge in [-0.1, -0.05) is 32.1 Å². The predicted octanol–water partition coefficient (Wildman–Crippen LogP) is 2.89. The van der Waals surface area contributed by atoms with Gasteiger partial charge in [-0.2, -0.15) is 0 Å². The van der Waals surface area contributed by atoms with E-state index in [9.17, 15) is 0 Å². The number of hydrogen-bond donors (Lipinski definition) is 0. The van der Waals surface area contributed by atoms with Crippen LogP contribution < -0.4 is 0 Å². The third-order valence-corrected chi connectivity index (χ3v) is 2.80. The van der Waals surface area contributed by atoms with Crippen LogP contribution in [0, 0.1) is 5.92 Å². The zero-order chi connectivity index (χ0) is 7.28. The van der Waals surface area contributed by atoms with Crippen LogP contribution in [0.1, 0.15) is 13.8 Å². The summed E-state index contributed by atoms with van der Waals surface area (Å²) in [7, 11) is 0. The predicted molar refractivity (Wildman–Crippen MR) is 50.1 cm³/mol. The molecule has 0 N–H and O–H groups in total. The van der Waals surface area contributed by atoms with Crippen LogP contribution in [0.5, 0.6) is 0 Å². The van der Waals surface area contributed by atoms with Crippen molar-refractivity contribution in [3.05, 3.63) is 12.7 Å². The van der Waals surface area contributed by atoms with Crippen LogP contribution in [-0.4, -0.2) is 9.95 Å². The lowest BCUT2D eigenvalue weighted by Crippen LogP contribution is -1.98. The van der Waals surface area contributed by atoms with E-state index in [1.165, 1.54) is 0 Å². The van der Waals surface area contributed by atoms with E-state index in [4.69, 9.17) is 12.2 Å².